The van der Waals surface area contributed by atoms with Gasteiger partial charge < -0.3 is 15.2 Å². The van der Waals surface area contributed by atoms with Gasteiger partial charge in [-0.05, 0) is 17.7 Å². The van der Waals surface area contributed by atoms with Crippen LogP contribution in [0.2, 0.25) is 0 Å². The first-order valence-electron chi connectivity index (χ1n) is 4.98. The molecule has 0 saturated heterocycles. The Balaban J connectivity index is 2.23. The summed E-state index contributed by atoms with van der Waals surface area (Å²) in [5.74, 6) is -0.644. The van der Waals surface area contributed by atoms with Crippen molar-refractivity contribution >= 4 is 29.2 Å². The molecule has 2 N–H and O–H groups in total. The number of rotatable bonds is 3. The van der Waals surface area contributed by atoms with Crippen molar-refractivity contribution < 1.29 is 19.4 Å². The summed E-state index contributed by atoms with van der Waals surface area (Å²) in [4.78, 5) is 21.7. The van der Waals surface area contributed by atoms with Gasteiger partial charge in [0.15, 0.2) is 6.61 Å². The van der Waals surface area contributed by atoms with E-state index in [1.54, 1.807) is 18.2 Å². The first-order valence-corrected chi connectivity index (χ1v) is 5.42. The number of halogens is 1. The number of anilines is 1. The molecule has 0 bridgehead atoms. The summed E-state index contributed by atoms with van der Waals surface area (Å²) < 4.78 is 5.18. The molecule has 2 rings (SSSR count). The molecule has 1 aliphatic rings. The van der Waals surface area contributed by atoms with Crippen LogP contribution in [0.4, 0.5) is 5.69 Å². The maximum absolute atomic E-state index is 11.1. The topological polar surface area (TPSA) is 75.6 Å². The van der Waals surface area contributed by atoms with Gasteiger partial charge in [-0.2, -0.15) is 0 Å². The molecule has 90 valence electrons. The van der Waals surface area contributed by atoms with Crippen LogP contribution in [0.25, 0.3) is 0 Å². The molecule has 1 atom stereocenters. The van der Waals surface area contributed by atoms with E-state index in [1.165, 1.54) is 0 Å². The minimum atomic E-state index is -0.969. The molecule has 0 fully saturated rings. The maximum Gasteiger partial charge on any atom is 0.305 e. The molecule has 17 heavy (non-hydrogen) atoms. The fraction of sp³-hybridized carbons (Fsp3) is 0.273. The zero-order chi connectivity index (χ0) is 12.4. The Morgan fingerprint density at radius 3 is 3.06 bits per heavy atom. The van der Waals surface area contributed by atoms with Gasteiger partial charge >= 0.3 is 5.97 Å². The summed E-state index contributed by atoms with van der Waals surface area (Å²) >= 11 is 5.95. The van der Waals surface area contributed by atoms with Crippen molar-refractivity contribution in [1.29, 1.82) is 0 Å². The summed E-state index contributed by atoms with van der Waals surface area (Å²) in [6, 6.07) is 4.99. The molecular weight excluding hydrogens is 246 g/mol. The minimum Gasteiger partial charge on any atom is -0.482 e. The lowest BCUT2D eigenvalue weighted by Gasteiger charge is -2.19. The largest absolute Gasteiger partial charge is 0.482 e. The van der Waals surface area contributed by atoms with Gasteiger partial charge in [0.25, 0.3) is 5.91 Å². The molecule has 1 aromatic rings. The van der Waals surface area contributed by atoms with Crippen LogP contribution < -0.4 is 10.1 Å². The lowest BCUT2D eigenvalue weighted by molar-refractivity contribution is -0.137. The van der Waals surface area contributed by atoms with Crippen LogP contribution in [0.3, 0.4) is 0 Å². The lowest BCUT2D eigenvalue weighted by Crippen LogP contribution is -2.25. The van der Waals surface area contributed by atoms with Gasteiger partial charge in [0.05, 0.1) is 17.5 Å². The van der Waals surface area contributed by atoms with Crippen LogP contribution in [0.15, 0.2) is 18.2 Å². The molecule has 0 aromatic heterocycles. The van der Waals surface area contributed by atoms with E-state index in [1.807, 2.05) is 0 Å². The van der Waals surface area contributed by atoms with Crippen molar-refractivity contribution in [3.05, 3.63) is 23.8 Å². The first-order chi connectivity index (χ1) is 8.06. The number of ether oxygens (including phenoxy) is 1. The molecule has 1 aromatic carbocycles. The Kier molecular flexibility index (Phi) is 3.19. The summed E-state index contributed by atoms with van der Waals surface area (Å²) in [5, 5.41) is 10.7. The number of hydrogen-bond donors (Lipinski definition) is 2. The minimum absolute atomic E-state index is 0.00816. The van der Waals surface area contributed by atoms with Gasteiger partial charge in [0.1, 0.15) is 5.75 Å². The van der Waals surface area contributed by atoms with Gasteiger partial charge in [-0.25, -0.2) is 0 Å². The number of carbonyl (C=O) groups is 2. The molecule has 5 nitrogen and oxygen atoms in total. The van der Waals surface area contributed by atoms with Crippen LogP contribution in [0, 0.1) is 0 Å². The zero-order valence-electron chi connectivity index (χ0n) is 8.77. The predicted octanol–water partition coefficient (Wildman–Crippen LogP) is 1.77. The van der Waals surface area contributed by atoms with Gasteiger partial charge in [0.2, 0.25) is 0 Å². The van der Waals surface area contributed by atoms with Crippen molar-refractivity contribution in [3.63, 3.8) is 0 Å². The highest BCUT2D eigenvalue weighted by Crippen LogP contribution is 2.33. The van der Waals surface area contributed by atoms with Crippen LogP contribution in [0.5, 0.6) is 5.75 Å². The van der Waals surface area contributed by atoms with Crippen molar-refractivity contribution in [1.82, 2.24) is 0 Å². The smallest absolute Gasteiger partial charge is 0.305 e. The normalized spacial score (nSPS) is 15.5. The summed E-state index contributed by atoms with van der Waals surface area (Å²) in [6.45, 7) is -0.00816. The van der Waals surface area contributed by atoms with E-state index in [2.05, 4.69) is 5.32 Å². The third-order valence-corrected chi connectivity index (χ3v) is 2.76. The second-order valence-corrected chi connectivity index (χ2v) is 4.18. The third-order valence-electron chi connectivity index (χ3n) is 2.35. The fourth-order valence-corrected chi connectivity index (χ4v) is 1.83. The van der Waals surface area contributed by atoms with Gasteiger partial charge in [-0.3, -0.25) is 9.59 Å². The summed E-state index contributed by atoms with van der Waals surface area (Å²) in [5.41, 5.74) is 1.16. The van der Waals surface area contributed by atoms with E-state index in [9.17, 15) is 9.59 Å². The van der Waals surface area contributed by atoms with Gasteiger partial charge in [-0.1, -0.05) is 6.07 Å². The monoisotopic (exact) mass is 255 g/mol. The molecule has 0 aliphatic carbocycles. The van der Waals surface area contributed by atoms with Gasteiger partial charge in [-0.15, -0.1) is 11.6 Å². The number of hydrogen-bond acceptors (Lipinski definition) is 3. The third kappa shape index (κ3) is 2.68. The number of carboxylic acid groups (broad SMARTS) is 1. The van der Waals surface area contributed by atoms with Crippen molar-refractivity contribution in [2.45, 2.75) is 11.8 Å². The summed E-state index contributed by atoms with van der Waals surface area (Å²) in [7, 11) is 0. The number of aliphatic carboxylic acids is 1. The second kappa shape index (κ2) is 4.63. The number of amides is 1. The maximum atomic E-state index is 11.1. The summed E-state index contributed by atoms with van der Waals surface area (Å²) in [6.07, 6.45) is -0.171. The Morgan fingerprint density at radius 2 is 2.35 bits per heavy atom. The van der Waals surface area contributed by atoms with Crippen LogP contribution in [0.1, 0.15) is 17.4 Å². The highest BCUT2D eigenvalue weighted by molar-refractivity contribution is 6.21. The molecule has 1 amide bonds. The number of carbonyl (C=O) groups excluding carboxylic acids is 1. The van der Waals surface area contributed by atoms with E-state index in [-0.39, 0.29) is 18.9 Å². The van der Waals surface area contributed by atoms with Gasteiger partial charge in [0, 0.05) is 0 Å². The lowest BCUT2D eigenvalue weighted by atomic mass is 10.1. The fourth-order valence-electron chi connectivity index (χ4n) is 1.57. The zero-order valence-corrected chi connectivity index (χ0v) is 9.53. The molecule has 0 spiro atoms. The van der Waals surface area contributed by atoms with E-state index < -0.39 is 11.3 Å². The second-order valence-electron chi connectivity index (χ2n) is 3.66. The Hall–Kier alpha value is -1.75. The average Bonchev–Trinajstić information content (AvgIpc) is 2.27. The molecule has 1 heterocycles. The van der Waals surface area contributed by atoms with Crippen LogP contribution in [-0.2, 0) is 9.59 Å². The highest BCUT2D eigenvalue weighted by Gasteiger charge is 2.19. The Morgan fingerprint density at radius 1 is 1.59 bits per heavy atom. The van der Waals surface area contributed by atoms with E-state index in [0.29, 0.717) is 17.0 Å². The molecule has 1 aliphatic heterocycles. The standard InChI is InChI=1S/C11H10ClNO4/c12-7(4-11(15)16)6-1-2-9-8(3-6)13-10(14)5-17-9/h1-3,7H,4-5H2,(H,13,14)(H,15,16). The number of carboxylic acids is 1. The van der Waals surface area contributed by atoms with Crippen LogP contribution >= 0.6 is 11.6 Å². The molecule has 0 radical (unpaired) electrons. The van der Waals surface area contributed by atoms with Crippen LogP contribution in [-0.4, -0.2) is 23.6 Å². The highest BCUT2D eigenvalue weighted by atomic mass is 35.5. The Bertz CT molecular complexity index is 475. The Labute approximate surface area is 102 Å². The van der Waals surface area contributed by atoms with Crippen molar-refractivity contribution in [2.24, 2.45) is 0 Å². The number of fused-ring (bicyclic) bond motifs is 1. The van der Waals surface area contributed by atoms with Crippen molar-refractivity contribution in [2.75, 3.05) is 11.9 Å². The average molecular weight is 256 g/mol. The number of benzene rings is 1. The molecule has 1 unspecified atom stereocenters. The van der Waals surface area contributed by atoms with E-state index in [4.69, 9.17) is 21.4 Å². The number of nitrogens with one attached hydrogen (secondary N) is 1. The van der Waals surface area contributed by atoms with E-state index >= 15 is 0 Å². The molecule has 6 heteroatoms. The molecule has 0 saturated carbocycles. The quantitative estimate of drug-likeness (QED) is 0.807. The predicted molar refractivity (Wildman–Crippen MR) is 61.4 cm³/mol. The first kappa shape index (κ1) is 11.7. The number of alkyl halides is 1. The van der Waals surface area contributed by atoms with Crippen molar-refractivity contribution in [3.8, 4) is 5.75 Å². The SMILES string of the molecule is O=C(O)CC(Cl)c1ccc2c(c1)NC(=O)CO2. The molecular formula is C11H10ClNO4. The van der Waals surface area contributed by atoms with E-state index in [0.717, 1.165) is 0 Å².